The van der Waals surface area contributed by atoms with Crippen LogP contribution >= 0.6 is 11.6 Å². The number of alkyl halides is 2. The molecule has 2 amide bonds. The van der Waals surface area contributed by atoms with Crippen LogP contribution in [0, 0.1) is 37.0 Å². The number of nitrogens with one attached hydrogen (secondary N) is 2. The van der Waals surface area contributed by atoms with Gasteiger partial charge in [-0.2, -0.15) is 5.26 Å². The molecule has 4 rings (SSSR count). The molecule has 0 aliphatic heterocycles. The van der Waals surface area contributed by atoms with Crippen LogP contribution < -0.4 is 10.6 Å². The molecular formula is C24H20ClF2N5O4. The van der Waals surface area contributed by atoms with E-state index < -0.39 is 35.9 Å². The van der Waals surface area contributed by atoms with Gasteiger partial charge in [0, 0.05) is 10.6 Å². The van der Waals surface area contributed by atoms with E-state index in [4.69, 9.17) is 26.1 Å². The van der Waals surface area contributed by atoms with Crippen molar-refractivity contribution in [2.45, 2.75) is 32.8 Å². The van der Waals surface area contributed by atoms with Crippen LogP contribution in [0.15, 0.2) is 40.9 Å². The van der Waals surface area contributed by atoms with Gasteiger partial charge in [-0.05, 0) is 39.0 Å². The number of hydrogen-bond donors (Lipinski definition) is 2. The smallest absolute Gasteiger partial charge is 0.412 e. The summed E-state index contributed by atoms with van der Waals surface area (Å²) in [5.41, 5.74) is 1.99. The maximum absolute atomic E-state index is 13.6. The Hall–Kier alpha value is -4.04. The molecule has 186 valence electrons. The molecule has 36 heavy (non-hydrogen) atoms. The summed E-state index contributed by atoms with van der Waals surface area (Å²) < 4.78 is 37.9. The number of anilines is 2. The van der Waals surface area contributed by atoms with Crippen molar-refractivity contribution >= 4 is 35.0 Å². The number of aryl methyl sites for hydroxylation is 2. The van der Waals surface area contributed by atoms with Gasteiger partial charge >= 0.3 is 6.09 Å². The van der Waals surface area contributed by atoms with Crippen LogP contribution in [-0.4, -0.2) is 28.1 Å². The van der Waals surface area contributed by atoms with Gasteiger partial charge in [-0.3, -0.25) is 10.1 Å². The zero-order valence-electron chi connectivity index (χ0n) is 19.3. The minimum Gasteiger partial charge on any atom is -0.441 e. The van der Waals surface area contributed by atoms with E-state index in [1.165, 1.54) is 18.2 Å². The van der Waals surface area contributed by atoms with Gasteiger partial charge in [0.2, 0.25) is 11.7 Å². The van der Waals surface area contributed by atoms with E-state index in [9.17, 15) is 18.4 Å². The summed E-state index contributed by atoms with van der Waals surface area (Å²) in [4.78, 5) is 29.1. The number of carbonyl (C=O) groups is 2. The summed E-state index contributed by atoms with van der Waals surface area (Å²) in [7, 11) is 0. The number of amides is 2. The standard InChI is InChI=1S/C24H20ClF2N5O4/c1-11-17(30-22(33)19-15(10-28)24(19,26)27)8-9-18(29-11)21-20(12(2)32-36-21)31-23(34)35-13(3)14-6-4-5-7-16(14)25/h4-9,13,15,19H,1-3H3,(H,30,33)(H,31,34)/t13-,15?,19?/m1/s1. The van der Waals surface area contributed by atoms with Crippen LogP contribution in [0.3, 0.4) is 0 Å². The fourth-order valence-corrected chi connectivity index (χ4v) is 3.99. The van der Waals surface area contributed by atoms with E-state index >= 15 is 0 Å². The second-order valence-corrected chi connectivity index (χ2v) is 8.65. The van der Waals surface area contributed by atoms with Gasteiger partial charge < -0.3 is 14.6 Å². The molecule has 3 aromatic rings. The van der Waals surface area contributed by atoms with Crippen LogP contribution in [0.25, 0.3) is 11.5 Å². The first-order valence-corrected chi connectivity index (χ1v) is 11.2. The summed E-state index contributed by atoms with van der Waals surface area (Å²) >= 11 is 6.16. The molecule has 2 unspecified atom stereocenters. The molecule has 0 bridgehead atoms. The van der Waals surface area contributed by atoms with E-state index in [0.29, 0.717) is 22.0 Å². The van der Waals surface area contributed by atoms with Gasteiger partial charge in [0.05, 0.1) is 17.5 Å². The summed E-state index contributed by atoms with van der Waals surface area (Å²) in [5, 5.41) is 18.1. The van der Waals surface area contributed by atoms with E-state index in [2.05, 4.69) is 20.8 Å². The third kappa shape index (κ3) is 4.72. The Labute approximate surface area is 209 Å². The lowest BCUT2D eigenvalue weighted by Gasteiger charge is -2.15. The maximum Gasteiger partial charge on any atom is 0.412 e. The minimum absolute atomic E-state index is 0.133. The highest BCUT2D eigenvalue weighted by atomic mass is 35.5. The Morgan fingerprint density at radius 2 is 1.92 bits per heavy atom. The van der Waals surface area contributed by atoms with Gasteiger partial charge in [0.1, 0.15) is 35.0 Å². The Balaban J connectivity index is 1.48. The van der Waals surface area contributed by atoms with Crippen molar-refractivity contribution in [2.75, 3.05) is 10.6 Å². The lowest BCUT2D eigenvalue weighted by molar-refractivity contribution is -0.119. The Morgan fingerprint density at radius 3 is 2.56 bits per heavy atom. The molecule has 0 spiro atoms. The van der Waals surface area contributed by atoms with Crippen molar-refractivity contribution < 1.29 is 27.6 Å². The van der Waals surface area contributed by atoms with Gasteiger partial charge in [0.15, 0.2) is 0 Å². The van der Waals surface area contributed by atoms with Gasteiger partial charge in [-0.1, -0.05) is 35.0 Å². The van der Waals surface area contributed by atoms with E-state index in [0.717, 1.165) is 0 Å². The van der Waals surface area contributed by atoms with Crippen molar-refractivity contribution in [3.63, 3.8) is 0 Å². The number of nitrogens with zero attached hydrogens (tertiary/aromatic N) is 3. The minimum atomic E-state index is -3.35. The summed E-state index contributed by atoms with van der Waals surface area (Å²) in [5.74, 6) is -7.52. The van der Waals surface area contributed by atoms with Crippen molar-refractivity contribution in [1.29, 1.82) is 5.26 Å². The first-order valence-electron chi connectivity index (χ1n) is 10.8. The lowest BCUT2D eigenvalue weighted by atomic mass is 10.1. The molecule has 2 N–H and O–H groups in total. The monoisotopic (exact) mass is 515 g/mol. The molecule has 2 heterocycles. The Bertz CT molecular complexity index is 1390. The third-order valence-electron chi connectivity index (χ3n) is 5.77. The Kier molecular flexibility index (Phi) is 6.65. The average Bonchev–Trinajstić information content (AvgIpc) is 3.22. The fraction of sp³-hybridized carbons (Fsp3) is 0.292. The molecular weight excluding hydrogens is 496 g/mol. The highest BCUT2D eigenvalue weighted by Crippen LogP contribution is 2.55. The zero-order valence-corrected chi connectivity index (χ0v) is 20.1. The summed E-state index contributed by atoms with van der Waals surface area (Å²) in [6.45, 7) is 4.85. The van der Waals surface area contributed by atoms with Gasteiger partial charge in [-0.25, -0.2) is 18.6 Å². The highest BCUT2D eigenvalue weighted by molar-refractivity contribution is 6.31. The second kappa shape index (κ2) is 9.54. The van der Waals surface area contributed by atoms with E-state index in [1.54, 1.807) is 45.0 Å². The fourth-order valence-electron chi connectivity index (χ4n) is 3.70. The molecule has 2 aromatic heterocycles. The number of carbonyl (C=O) groups excluding carboxylic acids is 2. The molecule has 3 atom stereocenters. The SMILES string of the molecule is Cc1nc(-c2onc(C)c2NC(=O)O[C@H](C)c2ccccc2Cl)ccc1NC(=O)C1C(C#N)C1(F)F. The maximum atomic E-state index is 13.6. The van der Waals surface area contributed by atoms with Crippen molar-refractivity contribution in [2.24, 2.45) is 11.8 Å². The number of hydrogen-bond acceptors (Lipinski definition) is 7. The Morgan fingerprint density at radius 1 is 1.19 bits per heavy atom. The molecule has 1 aliphatic rings. The highest BCUT2D eigenvalue weighted by Gasteiger charge is 2.72. The molecule has 1 saturated carbocycles. The van der Waals surface area contributed by atoms with Crippen LogP contribution in [-0.2, 0) is 9.53 Å². The van der Waals surface area contributed by atoms with Gasteiger partial charge in [0.25, 0.3) is 5.92 Å². The topological polar surface area (TPSA) is 130 Å². The van der Waals surface area contributed by atoms with Crippen LogP contribution in [0.1, 0.15) is 30.0 Å². The van der Waals surface area contributed by atoms with Gasteiger partial charge in [-0.15, -0.1) is 0 Å². The van der Waals surface area contributed by atoms with E-state index in [-0.39, 0.29) is 22.8 Å². The molecule has 1 fully saturated rings. The van der Waals surface area contributed by atoms with E-state index in [1.807, 2.05) is 0 Å². The van der Waals surface area contributed by atoms with Crippen LogP contribution in [0.2, 0.25) is 5.02 Å². The molecule has 12 heteroatoms. The number of aromatic nitrogens is 2. The number of nitriles is 1. The van der Waals surface area contributed by atoms with Crippen LogP contribution in [0.5, 0.6) is 0 Å². The third-order valence-corrected chi connectivity index (χ3v) is 6.11. The number of ether oxygens (including phenoxy) is 1. The second-order valence-electron chi connectivity index (χ2n) is 8.24. The number of benzene rings is 1. The molecule has 1 aliphatic carbocycles. The normalized spacial score (nSPS) is 18.6. The average molecular weight is 516 g/mol. The molecule has 0 saturated heterocycles. The lowest BCUT2D eigenvalue weighted by Crippen LogP contribution is -2.18. The van der Waals surface area contributed by atoms with Crippen molar-refractivity contribution in [1.82, 2.24) is 10.1 Å². The van der Waals surface area contributed by atoms with Crippen molar-refractivity contribution in [3.8, 4) is 17.5 Å². The zero-order chi connectivity index (χ0) is 26.2. The number of halogens is 3. The first-order chi connectivity index (χ1) is 17.0. The quantitative estimate of drug-likeness (QED) is 0.433. The van der Waals surface area contributed by atoms with Crippen molar-refractivity contribution in [3.05, 3.63) is 58.4 Å². The number of rotatable bonds is 6. The molecule has 9 nitrogen and oxygen atoms in total. The van der Waals surface area contributed by atoms with Crippen LogP contribution in [0.4, 0.5) is 25.0 Å². The molecule has 0 radical (unpaired) electrons. The molecule has 1 aromatic carbocycles. The first kappa shape index (κ1) is 25.1. The summed E-state index contributed by atoms with van der Waals surface area (Å²) in [6, 6.07) is 11.3. The predicted octanol–water partition coefficient (Wildman–Crippen LogP) is 5.66. The number of pyridine rings is 1. The summed E-state index contributed by atoms with van der Waals surface area (Å²) in [6.07, 6.45) is -1.40. The predicted molar refractivity (Wildman–Crippen MR) is 125 cm³/mol. The largest absolute Gasteiger partial charge is 0.441 e.